The smallest absolute Gasteiger partial charge is 0.335 e. The van der Waals surface area contributed by atoms with Gasteiger partial charge in [-0.05, 0) is 17.7 Å². The van der Waals surface area contributed by atoms with Crippen LogP contribution in [0.1, 0.15) is 32.7 Å². The van der Waals surface area contributed by atoms with Crippen LogP contribution in [0.4, 0.5) is 0 Å². The Labute approximate surface area is 128 Å². The summed E-state index contributed by atoms with van der Waals surface area (Å²) < 4.78 is 0. The molecular weight excluding hydrogens is 284 g/mol. The maximum Gasteiger partial charge on any atom is 0.335 e. The van der Waals surface area contributed by atoms with Crippen LogP contribution in [0.5, 0.6) is 0 Å². The van der Waals surface area contributed by atoms with Gasteiger partial charge in [0.1, 0.15) is 0 Å². The Bertz CT molecular complexity index is 677. The Balaban J connectivity index is 2.00. The van der Waals surface area contributed by atoms with Crippen LogP contribution in [-0.4, -0.2) is 21.7 Å². The lowest BCUT2D eigenvalue weighted by Gasteiger charge is -2.05. The fourth-order valence-corrected chi connectivity index (χ4v) is 2.31. The highest BCUT2D eigenvalue weighted by molar-refractivity contribution is 7.80. The third kappa shape index (κ3) is 4.33. The summed E-state index contributed by atoms with van der Waals surface area (Å²) in [6, 6.07) is 15.6. The van der Waals surface area contributed by atoms with Crippen molar-refractivity contribution >= 4 is 28.8 Å². The minimum atomic E-state index is -0.969. The Kier molecular flexibility index (Phi) is 4.95. The monoisotopic (exact) mass is 298 g/mol. The van der Waals surface area contributed by atoms with Gasteiger partial charge in [0.25, 0.3) is 0 Å². The predicted octanol–water partition coefficient (Wildman–Crippen LogP) is 3.57. The number of hydrogen-bond acceptors (Lipinski definition) is 3. The molecule has 21 heavy (non-hydrogen) atoms. The number of benzene rings is 2. The summed E-state index contributed by atoms with van der Waals surface area (Å²) in [4.78, 5) is 23.6. The van der Waals surface area contributed by atoms with E-state index in [2.05, 4.69) is 0 Å². The van der Waals surface area contributed by atoms with E-state index in [-0.39, 0.29) is 17.8 Å². The average molecular weight is 298 g/mol. The Hall–Kier alpha value is -2.33. The van der Waals surface area contributed by atoms with Crippen LogP contribution in [0.25, 0.3) is 0 Å². The molecule has 1 N–H and O–H groups in total. The number of carboxylic acid groups (broad SMARTS) is 1. The molecule has 2 aromatic carbocycles. The number of carbonyl (C=O) groups is 2. The van der Waals surface area contributed by atoms with Crippen LogP contribution in [0.3, 0.4) is 0 Å². The van der Waals surface area contributed by atoms with E-state index in [9.17, 15) is 9.59 Å². The Morgan fingerprint density at radius 2 is 1.62 bits per heavy atom. The van der Waals surface area contributed by atoms with Crippen LogP contribution in [0.2, 0.25) is 0 Å². The summed E-state index contributed by atoms with van der Waals surface area (Å²) in [6.45, 7) is 0. The van der Waals surface area contributed by atoms with Gasteiger partial charge in [0, 0.05) is 23.3 Å². The van der Waals surface area contributed by atoms with Gasteiger partial charge in [-0.3, -0.25) is 4.79 Å². The van der Waals surface area contributed by atoms with Gasteiger partial charge in [-0.1, -0.05) is 54.7 Å². The van der Waals surface area contributed by atoms with E-state index in [1.54, 1.807) is 24.3 Å². The van der Waals surface area contributed by atoms with Crippen LogP contribution in [0.15, 0.2) is 54.6 Å². The molecule has 0 aliphatic heterocycles. The lowest BCUT2D eigenvalue weighted by atomic mass is 10.0. The molecule has 0 heterocycles. The fourth-order valence-electron chi connectivity index (χ4n) is 2.01. The highest BCUT2D eigenvalue weighted by atomic mass is 32.1. The summed E-state index contributed by atoms with van der Waals surface area (Å²) in [5.74, 6) is -0.988. The molecule has 0 unspecified atom stereocenters. The number of aromatic carboxylic acids is 1. The first-order valence-electron chi connectivity index (χ1n) is 6.48. The second-order valence-electron chi connectivity index (χ2n) is 4.69. The van der Waals surface area contributed by atoms with Gasteiger partial charge in [0.05, 0.1) is 5.56 Å². The summed E-state index contributed by atoms with van der Waals surface area (Å²) in [5, 5.41) is 8.95. The number of hydrogen-bond donors (Lipinski definition) is 1. The third-order valence-electron chi connectivity index (χ3n) is 3.03. The lowest BCUT2D eigenvalue weighted by molar-refractivity contribution is 0.0696. The van der Waals surface area contributed by atoms with Crippen molar-refractivity contribution in [2.75, 3.05) is 0 Å². The molecule has 0 radical (unpaired) electrons. The molecule has 0 aromatic heterocycles. The predicted molar refractivity (Wildman–Crippen MR) is 85.1 cm³/mol. The van der Waals surface area contributed by atoms with Crippen molar-refractivity contribution < 1.29 is 14.7 Å². The summed E-state index contributed by atoms with van der Waals surface area (Å²) in [7, 11) is 0. The van der Waals surface area contributed by atoms with Crippen LogP contribution in [0, 0.1) is 0 Å². The summed E-state index contributed by atoms with van der Waals surface area (Å²) in [5.41, 5.74) is 1.67. The number of thiocarbonyl (C=S) groups is 1. The molecule has 0 aliphatic rings. The molecule has 0 spiro atoms. The lowest BCUT2D eigenvalue weighted by Crippen LogP contribution is -2.09. The van der Waals surface area contributed by atoms with Gasteiger partial charge in [-0.15, -0.1) is 0 Å². The summed E-state index contributed by atoms with van der Waals surface area (Å²) >= 11 is 5.25. The standard InChI is InChI=1S/C17H14O3S/c18-16(13-6-2-1-3-7-13)11-15(21)10-12-5-4-8-14(9-12)17(19)20/h1-9H,10-11H2,(H,19,20). The van der Waals surface area contributed by atoms with Crippen molar-refractivity contribution in [3.05, 3.63) is 71.3 Å². The second-order valence-corrected chi connectivity index (χ2v) is 5.26. The van der Waals surface area contributed by atoms with Crippen molar-refractivity contribution in [3.63, 3.8) is 0 Å². The number of ketones is 1. The van der Waals surface area contributed by atoms with Crippen molar-refractivity contribution in [2.24, 2.45) is 0 Å². The van der Waals surface area contributed by atoms with Crippen molar-refractivity contribution in [2.45, 2.75) is 12.8 Å². The number of rotatable bonds is 6. The van der Waals surface area contributed by atoms with Crippen LogP contribution < -0.4 is 0 Å². The van der Waals surface area contributed by atoms with E-state index < -0.39 is 5.97 Å². The second kappa shape index (κ2) is 6.90. The zero-order valence-corrected chi connectivity index (χ0v) is 12.1. The van der Waals surface area contributed by atoms with E-state index in [0.29, 0.717) is 16.8 Å². The molecular formula is C17H14O3S. The molecule has 106 valence electrons. The molecule has 0 aliphatic carbocycles. The third-order valence-corrected chi connectivity index (χ3v) is 3.32. The molecule has 0 atom stereocenters. The first kappa shape index (κ1) is 15.1. The molecule has 3 nitrogen and oxygen atoms in total. The van der Waals surface area contributed by atoms with Gasteiger partial charge >= 0.3 is 5.97 Å². The largest absolute Gasteiger partial charge is 0.478 e. The highest BCUT2D eigenvalue weighted by Crippen LogP contribution is 2.10. The first-order chi connectivity index (χ1) is 10.1. The van der Waals surface area contributed by atoms with Crippen molar-refractivity contribution in [1.82, 2.24) is 0 Å². The first-order valence-corrected chi connectivity index (χ1v) is 6.89. The van der Waals surface area contributed by atoms with Crippen molar-refractivity contribution in [3.8, 4) is 0 Å². The molecule has 4 heteroatoms. The molecule has 0 amide bonds. The number of carboxylic acids is 1. The molecule has 0 bridgehead atoms. The zero-order valence-electron chi connectivity index (χ0n) is 11.3. The average Bonchev–Trinajstić information content (AvgIpc) is 2.48. The Morgan fingerprint density at radius 1 is 0.952 bits per heavy atom. The van der Waals surface area contributed by atoms with Crippen LogP contribution >= 0.6 is 12.2 Å². The van der Waals surface area contributed by atoms with Gasteiger partial charge in [-0.2, -0.15) is 0 Å². The normalized spacial score (nSPS) is 10.1. The topological polar surface area (TPSA) is 54.4 Å². The zero-order chi connectivity index (χ0) is 15.2. The van der Waals surface area contributed by atoms with E-state index in [4.69, 9.17) is 17.3 Å². The summed E-state index contributed by atoms with van der Waals surface area (Å²) in [6.07, 6.45) is 0.617. The van der Waals surface area contributed by atoms with Crippen molar-refractivity contribution in [1.29, 1.82) is 0 Å². The number of carbonyl (C=O) groups excluding carboxylic acids is 1. The van der Waals surface area contributed by atoms with Gasteiger partial charge in [-0.25, -0.2) is 4.79 Å². The fraction of sp³-hybridized carbons (Fsp3) is 0.118. The maximum atomic E-state index is 12.0. The quantitative estimate of drug-likeness (QED) is 0.654. The van der Waals surface area contributed by atoms with Crippen LogP contribution in [-0.2, 0) is 6.42 Å². The molecule has 0 saturated carbocycles. The van der Waals surface area contributed by atoms with E-state index >= 15 is 0 Å². The van der Waals surface area contributed by atoms with E-state index in [1.165, 1.54) is 6.07 Å². The minimum Gasteiger partial charge on any atom is -0.478 e. The minimum absolute atomic E-state index is 0.0185. The van der Waals surface area contributed by atoms with E-state index in [1.807, 2.05) is 24.3 Å². The maximum absolute atomic E-state index is 12.0. The molecule has 2 aromatic rings. The SMILES string of the molecule is O=C(O)c1cccc(CC(=S)CC(=O)c2ccccc2)c1. The van der Waals surface area contributed by atoms with E-state index in [0.717, 1.165) is 5.56 Å². The van der Waals surface area contributed by atoms with Gasteiger partial charge < -0.3 is 5.11 Å². The van der Waals surface area contributed by atoms with Gasteiger partial charge in [0.15, 0.2) is 5.78 Å². The Morgan fingerprint density at radius 3 is 2.29 bits per heavy atom. The highest BCUT2D eigenvalue weighted by Gasteiger charge is 2.10. The molecule has 0 fully saturated rings. The van der Waals surface area contributed by atoms with Gasteiger partial charge in [0.2, 0.25) is 0 Å². The molecule has 2 rings (SSSR count). The number of Topliss-reactive ketones (excluding diaryl/α,β-unsaturated/α-hetero) is 1. The molecule has 0 saturated heterocycles.